The highest BCUT2D eigenvalue weighted by Gasteiger charge is 2.16. The van der Waals surface area contributed by atoms with Crippen LogP contribution in [0, 0.1) is 15.6 Å². The van der Waals surface area contributed by atoms with Gasteiger partial charge in [0.05, 0.1) is 16.4 Å². The van der Waals surface area contributed by atoms with Crippen LogP contribution in [-0.4, -0.2) is 21.7 Å². The van der Waals surface area contributed by atoms with Crippen molar-refractivity contribution < 1.29 is 25.2 Å². The van der Waals surface area contributed by atoms with Crippen molar-refractivity contribution in [3.8, 4) is 5.75 Å². The average molecular weight is 386 g/mol. The molecule has 0 aromatic heterocycles. The van der Waals surface area contributed by atoms with E-state index in [4.69, 9.17) is 32.0 Å². The molecule has 12 nitrogen and oxygen atoms in total. The van der Waals surface area contributed by atoms with Gasteiger partial charge in [-0.05, 0) is 24.3 Å². The van der Waals surface area contributed by atoms with Gasteiger partial charge in [0, 0.05) is 11.8 Å². The lowest BCUT2D eigenvalue weighted by Crippen LogP contribution is -2.19. The number of anilines is 4. The largest absolute Gasteiger partial charge is 0.769 e. The monoisotopic (exact) mass is 385 g/mol. The number of carbonyl (C=O) groups is 1. The first-order valence-corrected chi connectivity index (χ1v) is 6.97. The van der Waals surface area contributed by atoms with Gasteiger partial charge in [-0.1, -0.05) is 17.7 Å². The molecular formula is C13H10ClN4O8-3. The molecule has 140 valence electrons. The average Bonchev–Trinajstić information content (AvgIpc) is 2.56. The first kappa shape index (κ1) is 19.5. The zero-order chi connectivity index (χ0) is 19.4. The summed E-state index contributed by atoms with van der Waals surface area (Å²) in [4.78, 5) is 11.9. The van der Waals surface area contributed by atoms with Gasteiger partial charge in [0.1, 0.15) is 11.4 Å². The number of hydrogen-bond donors (Lipinski definition) is 4. The van der Waals surface area contributed by atoms with Crippen LogP contribution in [0.4, 0.5) is 27.5 Å². The number of nitrogens with one attached hydrogen (secondary N) is 1. The van der Waals surface area contributed by atoms with Gasteiger partial charge >= 0.3 is 6.09 Å². The Morgan fingerprint density at radius 2 is 1.77 bits per heavy atom. The highest BCUT2D eigenvalue weighted by atomic mass is 35.5. The molecule has 0 spiro atoms. The maximum atomic E-state index is 11.9. The predicted molar refractivity (Wildman–Crippen MR) is 90.4 cm³/mol. The van der Waals surface area contributed by atoms with Crippen LogP contribution in [0.5, 0.6) is 5.75 Å². The second-order valence-electron chi connectivity index (χ2n) is 4.66. The molecule has 0 radical (unpaired) electrons. The zero-order valence-corrected chi connectivity index (χ0v) is 13.3. The zero-order valence-electron chi connectivity index (χ0n) is 12.6. The van der Waals surface area contributed by atoms with E-state index < -0.39 is 38.2 Å². The predicted octanol–water partition coefficient (Wildman–Crippen LogP) is 3.03. The lowest BCUT2D eigenvalue weighted by atomic mass is 10.2. The van der Waals surface area contributed by atoms with E-state index >= 15 is 0 Å². The van der Waals surface area contributed by atoms with E-state index in [1.807, 2.05) is 0 Å². The normalized spacial score (nSPS) is 10.3. The summed E-state index contributed by atoms with van der Waals surface area (Å²) >= 11 is 5.86. The number of rotatable bonds is 5. The molecule has 0 saturated heterocycles. The third-order valence-electron chi connectivity index (χ3n) is 2.95. The van der Waals surface area contributed by atoms with Crippen molar-refractivity contribution in [1.82, 2.24) is 0 Å². The van der Waals surface area contributed by atoms with Crippen LogP contribution in [0.2, 0.25) is 5.02 Å². The molecule has 2 aromatic carbocycles. The lowest BCUT2D eigenvalue weighted by molar-refractivity contribution is 0.0292. The molecule has 0 aliphatic carbocycles. The molecule has 0 aliphatic heterocycles. The fraction of sp³-hybridized carbons (Fsp3) is 0. The second-order valence-corrected chi connectivity index (χ2v) is 5.04. The Labute approximate surface area is 150 Å². The summed E-state index contributed by atoms with van der Waals surface area (Å²) in [5.41, 5.74) is -1.68. The van der Waals surface area contributed by atoms with Gasteiger partial charge < -0.3 is 30.8 Å². The Morgan fingerprint density at radius 3 is 2.35 bits per heavy atom. The molecule has 0 aliphatic rings. The van der Waals surface area contributed by atoms with Crippen LogP contribution in [0.25, 0.3) is 0 Å². The van der Waals surface area contributed by atoms with E-state index in [-0.39, 0.29) is 17.1 Å². The van der Waals surface area contributed by atoms with E-state index in [1.54, 1.807) is 0 Å². The van der Waals surface area contributed by atoms with E-state index in [0.29, 0.717) is 0 Å². The van der Waals surface area contributed by atoms with E-state index in [1.165, 1.54) is 18.2 Å². The molecule has 0 atom stereocenters. The van der Waals surface area contributed by atoms with Crippen molar-refractivity contribution in [2.24, 2.45) is 0 Å². The topological polar surface area (TPSA) is 178 Å². The summed E-state index contributed by atoms with van der Waals surface area (Å²) in [6.07, 6.45) is -1.15. The van der Waals surface area contributed by atoms with Crippen LogP contribution in [0.1, 0.15) is 0 Å². The minimum Gasteiger partial charge on any atom is -0.769 e. The molecule has 4 N–H and O–H groups in total. The van der Waals surface area contributed by atoms with Crippen LogP contribution in [0.3, 0.4) is 0 Å². The summed E-state index contributed by atoms with van der Waals surface area (Å²) in [5, 5.41) is 59.5. The van der Waals surface area contributed by atoms with Crippen molar-refractivity contribution in [1.29, 1.82) is 0 Å². The standard InChI is InChI=1S/C13H10ClN4O8/c14-12-10(5-8(17(22)23)6-11(12)18(24)25)15-13(19)26-9-3-1-2-7(4-9)16(20)21/h1-6,20,24-25H,(H,15,19)/q-3. The molecule has 13 heteroatoms. The number of amides is 1. The Bertz CT molecular complexity index is 802. The van der Waals surface area contributed by atoms with Gasteiger partial charge in [0.15, 0.2) is 0 Å². The minimum atomic E-state index is -1.15. The Morgan fingerprint density at radius 1 is 1.08 bits per heavy atom. The van der Waals surface area contributed by atoms with Crippen LogP contribution >= 0.6 is 11.6 Å². The molecule has 0 unspecified atom stereocenters. The van der Waals surface area contributed by atoms with Crippen LogP contribution in [0.15, 0.2) is 36.4 Å². The molecular weight excluding hydrogens is 376 g/mol. The Kier molecular flexibility index (Phi) is 6.01. The second kappa shape index (κ2) is 8.03. The number of halogens is 1. The third-order valence-corrected chi connectivity index (χ3v) is 3.35. The van der Waals surface area contributed by atoms with Crippen molar-refractivity contribution in [2.45, 2.75) is 0 Å². The fourth-order valence-corrected chi connectivity index (χ4v) is 2.08. The molecule has 1 amide bonds. The van der Waals surface area contributed by atoms with Crippen LogP contribution < -0.4 is 25.7 Å². The Balaban J connectivity index is 2.24. The lowest BCUT2D eigenvalue weighted by Gasteiger charge is -2.38. The third kappa shape index (κ3) is 4.62. The van der Waals surface area contributed by atoms with Crippen molar-refractivity contribution in [3.63, 3.8) is 0 Å². The van der Waals surface area contributed by atoms with E-state index in [0.717, 1.165) is 18.2 Å². The molecule has 2 rings (SSSR count). The number of carbonyl (C=O) groups excluding carboxylic acids is 1. The fourth-order valence-electron chi connectivity index (χ4n) is 1.84. The van der Waals surface area contributed by atoms with Crippen molar-refractivity contribution in [2.75, 3.05) is 21.0 Å². The smallest absolute Gasteiger partial charge is 0.417 e. The quantitative estimate of drug-likeness (QED) is 0.555. The Hall–Kier alpha value is -2.84. The number of ether oxygens (including phenoxy) is 1. The minimum absolute atomic E-state index is 0.123. The highest BCUT2D eigenvalue weighted by molar-refractivity contribution is 6.36. The first-order chi connectivity index (χ1) is 12.2. The first-order valence-electron chi connectivity index (χ1n) is 6.60. The summed E-state index contributed by atoms with van der Waals surface area (Å²) in [6.45, 7) is 0. The maximum Gasteiger partial charge on any atom is 0.417 e. The van der Waals surface area contributed by atoms with Crippen LogP contribution in [-0.2, 0) is 0 Å². The number of nitrogens with zero attached hydrogens (tertiary/aromatic N) is 3. The molecule has 0 fully saturated rings. The van der Waals surface area contributed by atoms with Gasteiger partial charge in [-0.15, -0.1) is 5.23 Å². The van der Waals surface area contributed by atoms with Crippen molar-refractivity contribution in [3.05, 3.63) is 57.0 Å². The maximum absolute atomic E-state index is 11.9. The van der Waals surface area contributed by atoms with Crippen molar-refractivity contribution >= 4 is 40.4 Å². The van der Waals surface area contributed by atoms with E-state index in [2.05, 4.69) is 5.32 Å². The van der Waals surface area contributed by atoms with E-state index in [9.17, 15) is 20.4 Å². The van der Waals surface area contributed by atoms with Gasteiger partial charge in [-0.2, -0.15) is 0 Å². The van der Waals surface area contributed by atoms with Gasteiger partial charge in [-0.25, -0.2) is 4.79 Å². The summed E-state index contributed by atoms with van der Waals surface area (Å²) < 4.78 is 4.87. The molecule has 26 heavy (non-hydrogen) atoms. The van der Waals surface area contributed by atoms with Gasteiger partial charge in [0.25, 0.3) is 0 Å². The number of hydrogen-bond acceptors (Lipinski definition) is 11. The SMILES string of the molecule is O=C(Nc1cc(N([O-])[O-])cc(N(O)O)c1Cl)Oc1cccc(N([O-])O)c1. The summed E-state index contributed by atoms with van der Waals surface area (Å²) in [6, 6.07) is 6.57. The molecule has 2 aromatic rings. The molecule has 0 heterocycles. The highest BCUT2D eigenvalue weighted by Crippen LogP contribution is 2.36. The summed E-state index contributed by atoms with van der Waals surface area (Å²) in [5.74, 6) is -0.123. The molecule has 0 bridgehead atoms. The number of benzene rings is 2. The molecule has 0 saturated carbocycles. The summed E-state index contributed by atoms with van der Waals surface area (Å²) in [7, 11) is 0. The van der Waals surface area contributed by atoms with Gasteiger partial charge in [0.2, 0.25) is 0 Å². The van der Waals surface area contributed by atoms with Gasteiger partial charge in [-0.3, -0.25) is 20.9 Å².